The molecule has 1 aliphatic rings. The number of hydrogen-bond donors (Lipinski definition) is 2. The Bertz CT molecular complexity index is 1400. The highest BCUT2D eigenvalue weighted by Crippen LogP contribution is 2.36. The normalized spacial score (nSPS) is 14.4. The van der Waals surface area contributed by atoms with Crippen molar-refractivity contribution in [2.75, 3.05) is 19.7 Å². The van der Waals surface area contributed by atoms with Gasteiger partial charge in [0.25, 0.3) is 0 Å². The quantitative estimate of drug-likeness (QED) is 0.343. The standard InChI is InChI=1S/C29H30N4O3/c1-2-36-23-14-15-24-25(18-23)33(29(30)35)28(34)26(24)27(21-8-4-3-5-9-21)31-22-12-10-20(11-13-22)19-32-16-6-7-17-32/h3-5,8-15,18,34H,2,6-7,16-17,19H2,1H3,(H2,30,35). The van der Waals surface area contributed by atoms with Crippen LogP contribution in [0.15, 0.2) is 77.8 Å². The Labute approximate surface area is 210 Å². The summed E-state index contributed by atoms with van der Waals surface area (Å²) in [5.74, 6) is 0.336. The van der Waals surface area contributed by atoms with Gasteiger partial charge in [0.05, 0.1) is 29.1 Å². The van der Waals surface area contributed by atoms with E-state index in [1.807, 2.05) is 61.5 Å². The summed E-state index contributed by atoms with van der Waals surface area (Å²) in [6.07, 6.45) is 2.52. The highest BCUT2D eigenvalue weighted by atomic mass is 16.5. The summed E-state index contributed by atoms with van der Waals surface area (Å²) < 4.78 is 6.72. The summed E-state index contributed by atoms with van der Waals surface area (Å²) >= 11 is 0. The predicted octanol–water partition coefficient (Wildman–Crippen LogP) is 5.44. The van der Waals surface area contributed by atoms with Gasteiger partial charge >= 0.3 is 6.03 Å². The lowest BCUT2D eigenvalue weighted by Gasteiger charge is -2.14. The van der Waals surface area contributed by atoms with E-state index in [1.165, 1.54) is 18.4 Å². The predicted molar refractivity (Wildman–Crippen MR) is 142 cm³/mol. The Morgan fingerprint density at radius 2 is 1.75 bits per heavy atom. The first kappa shape index (κ1) is 23.6. The Kier molecular flexibility index (Phi) is 6.73. The first-order chi connectivity index (χ1) is 17.5. The minimum absolute atomic E-state index is 0.251. The summed E-state index contributed by atoms with van der Waals surface area (Å²) in [6, 6.07) is 22.4. The van der Waals surface area contributed by atoms with Gasteiger partial charge in [-0.15, -0.1) is 0 Å². The number of fused-ring (bicyclic) bond motifs is 1. The number of primary amides is 1. The van der Waals surface area contributed by atoms with E-state index >= 15 is 0 Å². The van der Waals surface area contributed by atoms with Crippen molar-refractivity contribution >= 4 is 28.3 Å². The third-order valence-corrected chi connectivity index (χ3v) is 6.51. The first-order valence-electron chi connectivity index (χ1n) is 12.3. The molecule has 1 fully saturated rings. The molecule has 3 aromatic carbocycles. The molecule has 5 rings (SSSR count). The Morgan fingerprint density at radius 3 is 2.42 bits per heavy atom. The molecule has 1 amide bonds. The van der Waals surface area contributed by atoms with E-state index in [0.29, 0.717) is 34.5 Å². The number of amides is 1. The van der Waals surface area contributed by atoms with Crippen molar-refractivity contribution in [2.45, 2.75) is 26.3 Å². The fourth-order valence-electron chi connectivity index (χ4n) is 4.83. The molecule has 0 aliphatic carbocycles. The van der Waals surface area contributed by atoms with Gasteiger partial charge in [-0.1, -0.05) is 42.5 Å². The zero-order valence-corrected chi connectivity index (χ0v) is 20.4. The van der Waals surface area contributed by atoms with Crippen molar-refractivity contribution < 1.29 is 14.6 Å². The van der Waals surface area contributed by atoms with Crippen LogP contribution in [-0.2, 0) is 6.54 Å². The minimum atomic E-state index is -0.781. The molecule has 184 valence electrons. The molecular formula is C29H30N4O3. The lowest BCUT2D eigenvalue weighted by molar-refractivity contribution is 0.248. The lowest BCUT2D eigenvalue weighted by Crippen LogP contribution is -2.19. The summed E-state index contributed by atoms with van der Waals surface area (Å²) in [4.78, 5) is 19.8. The van der Waals surface area contributed by atoms with Crippen LogP contribution in [0.4, 0.5) is 10.5 Å². The summed E-state index contributed by atoms with van der Waals surface area (Å²) in [6.45, 7) is 5.59. The molecular weight excluding hydrogens is 452 g/mol. The minimum Gasteiger partial charge on any atom is -0.494 e. The monoisotopic (exact) mass is 482 g/mol. The van der Waals surface area contributed by atoms with Crippen molar-refractivity contribution in [1.82, 2.24) is 9.47 Å². The van der Waals surface area contributed by atoms with Gasteiger partial charge in [0.15, 0.2) is 0 Å². The van der Waals surface area contributed by atoms with Gasteiger partial charge in [-0.3, -0.25) is 4.90 Å². The van der Waals surface area contributed by atoms with Gasteiger partial charge in [-0.05, 0) is 62.7 Å². The second kappa shape index (κ2) is 10.3. The number of rotatable bonds is 7. The molecule has 1 aliphatic heterocycles. The molecule has 0 radical (unpaired) electrons. The summed E-state index contributed by atoms with van der Waals surface area (Å²) in [5, 5.41) is 11.9. The van der Waals surface area contributed by atoms with Gasteiger partial charge in [-0.25, -0.2) is 14.4 Å². The van der Waals surface area contributed by atoms with E-state index in [1.54, 1.807) is 6.07 Å². The van der Waals surface area contributed by atoms with E-state index in [2.05, 4.69) is 17.0 Å². The fourth-order valence-corrected chi connectivity index (χ4v) is 4.83. The molecule has 7 heteroatoms. The number of ether oxygens (including phenoxy) is 1. The fraction of sp³-hybridized carbons (Fsp3) is 0.241. The van der Waals surface area contributed by atoms with Gasteiger partial charge in [0, 0.05) is 23.6 Å². The smallest absolute Gasteiger partial charge is 0.326 e. The summed E-state index contributed by atoms with van der Waals surface area (Å²) in [5.41, 5.74) is 9.94. The lowest BCUT2D eigenvalue weighted by atomic mass is 10.0. The van der Waals surface area contributed by atoms with Crippen LogP contribution < -0.4 is 10.5 Å². The number of aliphatic imine (C=N–C) groups is 1. The highest BCUT2D eigenvalue weighted by molar-refractivity contribution is 6.23. The molecule has 3 N–H and O–H groups in total. The number of hydrogen-bond acceptors (Lipinski definition) is 5. The number of benzene rings is 3. The van der Waals surface area contributed by atoms with E-state index in [9.17, 15) is 9.90 Å². The van der Waals surface area contributed by atoms with Gasteiger partial charge < -0.3 is 15.6 Å². The first-order valence-corrected chi connectivity index (χ1v) is 12.3. The van der Waals surface area contributed by atoms with Crippen LogP contribution in [0.5, 0.6) is 11.6 Å². The third kappa shape index (κ3) is 4.70. The highest BCUT2D eigenvalue weighted by Gasteiger charge is 2.25. The Hall–Kier alpha value is -4.10. The SMILES string of the molecule is CCOc1ccc2c(C(=Nc3ccc(CN4CCCC4)cc3)c3ccccc3)c(O)n(C(N)=O)c2c1. The second-order valence-corrected chi connectivity index (χ2v) is 8.96. The van der Waals surface area contributed by atoms with Crippen LogP contribution in [0.3, 0.4) is 0 Å². The number of aromatic hydroxyl groups is 1. The molecule has 1 aromatic heterocycles. The number of carbonyl (C=O) groups is 1. The van der Waals surface area contributed by atoms with Gasteiger partial charge in [0.1, 0.15) is 5.75 Å². The number of likely N-dealkylation sites (tertiary alicyclic amines) is 1. The average Bonchev–Trinajstić information content (AvgIpc) is 3.49. The van der Waals surface area contributed by atoms with Crippen LogP contribution in [0, 0.1) is 0 Å². The zero-order valence-electron chi connectivity index (χ0n) is 20.4. The molecule has 4 aromatic rings. The molecule has 0 spiro atoms. The molecule has 2 heterocycles. The number of carbonyl (C=O) groups excluding carboxylic acids is 1. The van der Waals surface area contributed by atoms with Crippen molar-refractivity contribution in [3.05, 3.63) is 89.5 Å². The van der Waals surface area contributed by atoms with E-state index < -0.39 is 6.03 Å². The Morgan fingerprint density at radius 1 is 1.03 bits per heavy atom. The molecule has 0 unspecified atom stereocenters. The number of nitrogens with zero attached hydrogens (tertiary/aromatic N) is 3. The number of aromatic nitrogens is 1. The maximum absolute atomic E-state index is 12.4. The maximum atomic E-state index is 12.4. The van der Waals surface area contributed by atoms with Crippen molar-refractivity contribution in [1.29, 1.82) is 0 Å². The number of nitrogens with two attached hydrogens (primary N) is 1. The molecule has 1 saturated heterocycles. The van der Waals surface area contributed by atoms with E-state index in [4.69, 9.17) is 15.5 Å². The maximum Gasteiger partial charge on any atom is 0.326 e. The second-order valence-electron chi connectivity index (χ2n) is 8.96. The van der Waals surface area contributed by atoms with Crippen LogP contribution >= 0.6 is 0 Å². The van der Waals surface area contributed by atoms with E-state index in [-0.39, 0.29) is 5.88 Å². The Balaban J connectivity index is 1.63. The molecule has 36 heavy (non-hydrogen) atoms. The molecule has 0 bridgehead atoms. The van der Waals surface area contributed by atoms with Crippen LogP contribution in [0.2, 0.25) is 0 Å². The topological polar surface area (TPSA) is 93.1 Å². The van der Waals surface area contributed by atoms with E-state index in [0.717, 1.165) is 35.5 Å². The molecule has 0 atom stereocenters. The molecule has 0 saturated carbocycles. The van der Waals surface area contributed by atoms with Crippen molar-refractivity contribution in [3.63, 3.8) is 0 Å². The molecule has 7 nitrogen and oxygen atoms in total. The van der Waals surface area contributed by atoms with Gasteiger partial charge in [-0.2, -0.15) is 0 Å². The van der Waals surface area contributed by atoms with Gasteiger partial charge in [0.2, 0.25) is 5.88 Å². The third-order valence-electron chi connectivity index (χ3n) is 6.51. The van der Waals surface area contributed by atoms with Crippen LogP contribution in [-0.4, -0.2) is 46.0 Å². The largest absolute Gasteiger partial charge is 0.494 e. The van der Waals surface area contributed by atoms with Crippen molar-refractivity contribution in [2.24, 2.45) is 10.7 Å². The van der Waals surface area contributed by atoms with Crippen LogP contribution in [0.1, 0.15) is 36.5 Å². The zero-order chi connectivity index (χ0) is 25.1. The average molecular weight is 483 g/mol. The van der Waals surface area contributed by atoms with Crippen molar-refractivity contribution in [3.8, 4) is 11.6 Å². The summed E-state index contributed by atoms with van der Waals surface area (Å²) in [7, 11) is 0. The van der Waals surface area contributed by atoms with Crippen LogP contribution in [0.25, 0.3) is 10.9 Å².